The van der Waals surface area contributed by atoms with Crippen LogP contribution in [0.4, 0.5) is 0 Å². The SMILES string of the molecule is CCNC(=NCCCOC)N1CC[C@@H](O)C1.I. The third kappa shape index (κ3) is 6.42. The van der Waals surface area contributed by atoms with Crippen molar-refractivity contribution in [1.29, 1.82) is 0 Å². The Kier molecular flexibility index (Phi) is 9.85. The van der Waals surface area contributed by atoms with Crippen molar-refractivity contribution >= 4 is 29.9 Å². The molecule has 2 N–H and O–H groups in total. The Hall–Kier alpha value is -0.0800. The minimum atomic E-state index is -0.206. The summed E-state index contributed by atoms with van der Waals surface area (Å²) in [6.45, 7) is 5.99. The molecule has 0 aromatic heterocycles. The Bertz CT molecular complexity index is 227. The fourth-order valence-corrected chi connectivity index (χ4v) is 1.75. The molecule has 0 aromatic carbocycles. The van der Waals surface area contributed by atoms with Crippen LogP contribution in [-0.2, 0) is 4.74 Å². The lowest BCUT2D eigenvalue weighted by Crippen LogP contribution is -2.40. The van der Waals surface area contributed by atoms with E-state index in [2.05, 4.69) is 22.1 Å². The molecule has 1 saturated heterocycles. The Balaban J connectivity index is 0.00000256. The van der Waals surface area contributed by atoms with E-state index in [1.54, 1.807) is 7.11 Å². The van der Waals surface area contributed by atoms with Crippen LogP contribution in [0.1, 0.15) is 19.8 Å². The number of aliphatic imine (C=N–C) groups is 1. The van der Waals surface area contributed by atoms with Gasteiger partial charge in [-0.3, -0.25) is 4.99 Å². The molecule has 1 fully saturated rings. The van der Waals surface area contributed by atoms with Gasteiger partial charge in [0.1, 0.15) is 0 Å². The lowest BCUT2D eigenvalue weighted by molar-refractivity contribution is 0.187. The third-order valence-corrected chi connectivity index (χ3v) is 2.57. The predicted molar refractivity (Wildman–Crippen MR) is 80.1 cm³/mol. The number of halogens is 1. The quantitative estimate of drug-likeness (QED) is 0.329. The number of aliphatic hydroxyl groups excluding tert-OH is 1. The normalized spacial score (nSPS) is 20.3. The highest BCUT2D eigenvalue weighted by molar-refractivity contribution is 14.0. The van der Waals surface area contributed by atoms with Crippen molar-refractivity contribution in [3.05, 3.63) is 0 Å². The molecule has 0 amide bonds. The van der Waals surface area contributed by atoms with E-state index in [0.29, 0.717) is 6.54 Å². The zero-order valence-electron chi connectivity index (χ0n) is 10.7. The largest absolute Gasteiger partial charge is 0.391 e. The molecule has 0 saturated carbocycles. The smallest absolute Gasteiger partial charge is 0.194 e. The summed E-state index contributed by atoms with van der Waals surface area (Å²) in [4.78, 5) is 6.62. The minimum absolute atomic E-state index is 0. The lowest BCUT2D eigenvalue weighted by atomic mass is 10.3. The van der Waals surface area contributed by atoms with Crippen LogP contribution >= 0.6 is 24.0 Å². The standard InChI is InChI=1S/C11H23N3O2.HI/c1-3-12-11(13-6-4-8-16-2)14-7-5-10(15)9-14;/h10,15H,3-9H2,1-2H3,(H,12,13);1H/t10-;/m1./s1. The van der Waals surface area contributed by atoms with Crippen molar-refractivity contribution in [2.75, 3.05) is 39.9 Å². The summed E-state index contributed by atoms with van der Waals surface area (Å²) in [6, 6.07) is 0. The number of hydrogen-bond acceptors (Lipinski definition) is 3. The topological polar surface area (TPSA) is 57.1 Å². The van der Waals surface area contributed by atoms with Gasteiger partial charge in [-0.25, -0.2) is 0 Å². The van der Waals surface area contributed by atoms with Gasteiger partial charge in [-0.1, -0.05) is 0 Å². The number of aliphatic hydroxyl groups is 1. The highest BCUT2D eigenvalue weighted by atomic mass is 127. The van der Waals surface area contributed by atoms with E-state index in [9.17, 15) is 5.11 Å². The van der Waals surface area contributed by atoms with Gasteiger partial charge in [-0.2, -0.15) is 0 Å². The highest BCUT2D eigenvalue weighted by Crippen LogP contribution is 2.08. The first-order valence-electron chi connectivity index (χ1n) is 5.98. The molecule has 0 bridgehead atoms. The third-order valence-electron chi connectivity index (χ3n) is 2.57. The Labute approximate surface area is 121 Å². The van der Waals surface area contributed by atoms with Crippen molar-refractivity contribution in [2.24, 2.45) is 4.99 Å². The van der Waals surface area contributed by atoms with E-state index in [4.69, 9.17) is 4.74 Å². The first kappa shape index (κ1) is 16.9. The van der Waals surface area contributed by atoms with Crippen LogP contribution in [0, 0.1) is 0 Å². The van der Waals surface area contributed by atoms with E-state index in [-0.39, 0.29) is 30.1 Å². The van der Waals surface area contributed by atoms with Gasteiger partial charge in [0.15, 0.2) is 5.96 Å². The van der Waals surface area contributed by atoms with Crippen LogP contribution < -0.4 is 5.32 Å². The lowest BCUT2D eigenvalue weighted by Gasteiger charge is -2.20. The number of likely N-dealkylation sites (tertiary alicyclic amines) is 1. The number of ether oxygens (including phenoxy) is 1. The zero-order valence-corrected chi connectivity index (χ0v) is 13.0. The van der Waals surface area contributed by atoms with E-state index < -0.39 is 0 Å². The van der Waals surface area contributed by atoms with E-state index in [1.807, 2.05) is 0 Å². The summed E-state index contributed by atoms with van der Waals surface area (Å²) >= 11 is 0. The second-order valence-electron chi connectivity index (χ2n) is 3.97. The molecule has 1 aliphatic rings. The summed E-state index contributed by atoms with van der Waals surface area (Å²) in [5.41, 5.74) is 0. The van der Waals surface area contributed by atoms with Gasteiger partial charge in [0, 0.05) is 39.9 Å². The van der Waals surface area contributed by atoms with Gasteiger partial charge in [0.25, 0.3) is 0 Å². The van der Waals surface area contributed by atoms with E-state index in [0.717, 1.165) is 45.0 Å². The molecule has 0 aliphatic carbocycles. The van der Waals surface area contributed by atoms with Crippen LogP contribution in [0.2, 0.25) is 0 Å². The molecule has 0 aromatic rings. The van der Waals surface area contributed by atoms with Gasteiger partial charge in [0.05, 0.1) is 6.10 Å². The predicted octanol–water partition coefficient (Wildman–Crippen LogP) is 0.673. The molecule has 6 heteroatoms. The first-order valence-corrected chi connectivity index (χ1v) is 5.98. The molecule has 1 atom stereocenters. The molecule has 1 heterocycles. The highest BCUT2D eigenvalue weighted by Gasteiger charge is 2.22. The molecule has 0 radical (unpaired) electrons. The van der Waals surface area contributed by atoms with Crippen LogP contribution in [0.25, 0.3) is 0 Å². The molecular weight excluding hydrogens is 333 g/mol. The number of nitrogens with zero attached hydrogens (tertiary/aromatic N) is 2. The average molecular weight is 357 g/mol. The number of rotatable bonds is 5. The van der Waals surface area contributed by atoms with Gasteiger partial charge < -0.3 is 20.1 Å². The monoisotopic (exact) mass is 357 g/mol. The number of hydrogen-bond donors (Lipinski definition) is 2. The van der Waals surface area contributed by atoms with Crippen molar-refractivity contribution in [2.45, 2.75) is 25.9 Å². The molecule has 1 rings (SSSR count). The van der Waals surface area contributed by atoms with Crippen molar-refractivity contribution in [3.8, 4) is 0 Å². The molecule has 0 spiro atoms. The van der Waals surface area contributed by atoms with Crippen LogP contribution in [-0.4, -0.2) is 62.0 Å². The Morgan fingerprint density at radius 1 is 1.59 bits per heavy atom. The summed E-state index contributed by atoms with van der Waals surface area (Å²) in [5, 5.41) is 12.7. The molecule has 102 valence electrons. The van der Waals surface area contributed by atoms with Crippen LogP contribution in [0.3, 0.4) is 0 Å². The maximum atomic E-state index is 9.48. The van der Waals surface area contributed by atoms with Gasteiger partial charge in [0.2, 0.25) is 0 Å². The average Bonchev–Trinajstić information content (AvgIpc) is 2.69. The summed E-state index contributed by atoms with van der Waals surface area (Å²) in [6.07, 6.45) is 1.56. The molecule has 1 aliphatic heterocycles. The van der Waals surface area contributed by atoms with E-state index >= 15 is 0 Å². The molecule has 5 nitrogen and oxygen atoms in total. The van der Waals surface area contributed by atoms with Crippen molar-refractivity contribution < 1.29 is 9.84 Å². The van der Waals surface area contributed by atoms with Crippen molar-refractivity contribution in [3.63, 3.8) is 0 Å². The van der Waals surface area contributed by atoms with Gasteiger partial charge >= 0.3 is 0 Å². The Morgan fingerprint density at radius 3 is 2.88 bits per heavy atom. The molecular formula is C11H24IN3O2. The molecule has 0 unspecified atom stereocenters. The number of guanidine groups is 1. The fourth-order valence-electron chi connectivity index (χ4n) is 1.75. The van der Waals surface area contributed by atoms with E-state index in [1.165, 1.54) is 0 Å². The van der Waals surface area contributed by atoms with Crippen molar-refractivity contribution in [1.82, 2.24) is 10.2 Å². The van der Waals surface area contributed by atoms with Gasteiger partial charge in [-0.05, 0) is 19.8 Å². The number of methoxy groups -OCH3 is 1. The molecule has 17 heavy (non-hydrogen) atoms. The van der Waals surface area contributed by atoms with Crippen LogP contribution in [0.15, 0.2) is 4.99 Å². The maximum Gasteiger partial charge on any atom is 0.194 e. The van der Waals surface area contributed by atoms with Crippen LogP contribution in [0.5, 0.6) is 0 Å². The number of β-amino-alcohol motifs (C(OH)–C–C–N with tert-alkyl or cyclic N) is 1. The maximum absolute atomic E-state index is 9.48. The summed E-state index contributed by atoms with van der Waals surface area (Å²) in [7, 11) is 1.70. The Morgan fingerprint density at radius 2 is 2.35 bits per heavy atom. The summed E-state index contributed by atoms with van der Waals surface area (Å²) < 4.78 is 4.98. The summed E-state index contributed by atoms with van der Waals surface area (Å²) in [5.74, 6) is 0.912. The second-order valence-corrected chi connectivity index (χ2v) is 3.97. The fraction of sp³-hybridized carbons (Fsp3) is 0.909. The zero-order chi connectivity index (χ0) is 11.8. The second kappa shape index (κ2) is 9.90. The number of nitrogens with one attached hydrogen (secondary N) is 1. The van der Waals surface area contributed by atoms with Gasteiger partial charge in [-0.15, -0.1) is 24.0 Å². The first-order chi connectivity index (χ1) is 7.77. The minimum Gasteiger partial charge on any atom is -0.391 e.